The van der Waals surface area contributed by atoms with Gasteiger partial charge < -0.3 is 80.3 Å². The third-order valence-corrected chi connectivity index (χ3v) is 16.7. The van der Waals surface area contributed by atoms with Gasteiger partial charge in [0.25, 0.3) is 5.56 Å². The van der Waals surface area contributed by atoms with Gasteiger partial charge in [0, 0.05) is 75.4 Å². The summed E-state index contributed by atoms with van der Waals surface area (Å²) in [5, 5.41) is 66.9. The average Bonchev–Trinajstić information content (AvgIpc) is 0.860. The van der Waals surface area contributed by atoms with Crippen LogP contribution in [0.1, 0.15) is 127 Å². The molecule has 34 heteroatoms. The number of nitrogens with zero attached hydrogens (tertiary/aromatic N) is 8. The Morgan fingerprint density at radius 3 is 1.26 bits per heavy atom. The minimum atomic E-state index is -0.980. The van der Waals surface area contributed by atoms with Crippen LogP contribution in [0.3, 0.4) is 0 Å². The van der Waals surface area contributed by atoms with E-state index in [1.54, 1.807) is 73.7 Å². The van der Waals surface area contributed by atoms with E-state index in [4.69, 9.17) is 45.4 Å². The molecule has 109 heavy (non-hydrogen) atoms. The second-order valence-corrected chi connectivity index (χ2v) is 66.3. The predicted molar refractivity (Wildman–Crippen MR) is 474 cm³/mol. The molecule has 0 bridgehead atoms. The monoisotopic (exact) mass is 2090 g/mol. The Balaban J connectivity index is 0.000000672. The van der Waals surface area contributed by atoms with Gasteiger partial charge >= 0.3 is 85.4 Å². The van der Waals surface area contributed by atoms with E-state index in [0.717, 1.165) is 83.2 Å². The van der Waals surface area contributed by atoms with Gasteiger partial charge in [0.05, 0.1) is 71.2 Å². The van der Waals surface area contributed by atoms with Crippen LogP contribution in [-0.2, 0) is 4.92 Å². The number of aryl methyl sites for hydroxylation is 3. The van der Waals surface area contributed by atoms with Crippen molar-refractivity contribution >= 4 is 150 Å². The van der Waals surface area contributed by atoms with E-state index < -0.39 is 15.8 Å². The fourth-order valence-corrected chi connectivity index (χ4v) is 11.5. The number of carboxylic acids is 1. The van der Waals surface area contributed by atoms with E-state index in [1.165, 1.54) is 127 Å². The molecule has 4 fully saturated rings. The predicted octanol–water partition coefficient (Wildman–Crippen LogP) is 17.6. The Bertz CT molecular complexity index is 3850. The summed E-state index contributed by atoms with van der Waals surface area (Å²) in [6.07, 6.45) is 14.2. The van der Waals surface area contributed by atoms with Crippen molar-refractivity contribution in [2.75, 3.05) is 131 Å². The van der Waals surface area contributed by atoms with E-state index >= 15 is 0 Å². The van der Waals surface area contributed by atoms with Crippen LogP contribution in [-0.4, -0.2) is 193 Å². The number of rotatable bonds is 25. The molecule has 0 radical (unpaired) electrons. The van der Waals surface area contributed by atoms with E-state index in [9.17, 15) is 45.1 Å². The first-order valence-electron chi connectivity index (χ1n) is 34.6. The molecule has 7 aromatic rings. The number of nitro groups is 2. The van der Waals surface area contributed by atoms with Gasteiger partial charge in [-0.3, -0.25) is 29.6 Å². The quantitative estimate of drug-likeness (QED) is 0.00531. The number of hydrogen-bond acceptors (Lipinski definition) is 22. The fourth-order valence-electron chi connectivity index (χ4n) is 11.5. The van der Waals surface area contributed by atoms with Crippen molar-refractivity contribution < 1.29 is 68.8 Å². The molecular formula is C75H110BBr3I3N10O16V. The zero-order valence-corrected chi connectivity index (χ0v) is 73.1. The topological polar surface area (TPSA) is 351 Å². The molecule has 4 saturated heterocycles. The molecule has 4 aliphatic rings. The number of phenols is 3. The summed E-state index contributed by atoms with van der Waals surface area (Å²) in [6.45, 7) is 21.7. The summed E-state index contributed by atoms with van der Waals surface area (Å²) >= 11 is 16.7. The van der Waals surface area contributed by atoms with Crippen LogP contribution in [0.25, 0.3) is 16.6 Å². The van der Waals surface area contributed by atoms with Crippen LogP contribution in [0, 0.1) is 41.0 Å². The first kappa shape index (κ1) is 102. The van der Waals surface area contributed by atoms with Crippen LogP contribution in [0.4, 0.5) is 22.7 Å². The molecular weight excluding hydrogens is 1980 g/mol. The Morgan fingerprint density at radius 1 is 0.541 bits per heavy atom. The zero-order valence-electron chi connectivity index (χ0n) is 60.4. The molecule has 5 heterocycles. The molecule has 26 nitrogen and oxygen atoms in total. The first-order valence-corrected chi connectivity index (χ1v) is 50.9. The molecule has 0 amide bonds. The molecule has 11 rings (SSSR count). The number of aliphatic hydroxyl groups is 1. The van der Waals surface area contributed by atoms with Crippen LogP contribution in [0.2, 0.25) is 0 Å². The van der Waals surface area contributed by atoms with Crippen molar-refractivity contribution in [1.29, 1.82) is 0 Å². The number of nitro benzene ring substituents is 2. The van der Waals surface area contributed by atoms with Crippen molar-refractivity contribution in [3.05, 3.63) is 162 Å². The van der Waals surface area contributed by atoms with Crippen LogP contribution in [0.5, 0.6) is 46.0 Å². The summed E-state index contributed by atoms with van der Waals surface area (Å²) in [6, 6.07) is 29.2. The number of aromatic nitrogens is 2. The number of nitrogen functional groups attached to an aromatic ring is 2. The molecule has 606 valence electrons. The Kier molecular flexibility index (Phi) is 53.2. The van der Waals surface area contributed by atoms with Crippen molar-refractivity contribution in [3.8, 4) is 51.7 Å². The molecule has 0 unspecified atom stereocenters. The molecule has 0 atom stereocenters. The number of ether oxygens (including phenoxy) is 5. The zero-order chi connectivity index (χ0) is 78.1. The van der Waals surface area contributed by atoms with Gasteiger partial charge in [-0.2, -0.15) is 0 Å². The number of hydrogen-bond donors (Lipinski definition) is 7. The molecule has 6 aromatic carbocycles. The van der Waals surface area contributed by atoms with Gasteiger partial charge in [-0.25, -0.2) is 9.78 Å². The van der Waals surface area contributed by atoms with Gasteiger partial charge in [-0.05, 0) is 211 Å². The summed E-state index contributed by atoms with van der Waals surface area (Å²) in [7, 11) is 2.42. The van der Waals surface area contributed by atoms with Gasteiger partial charge in [0.15, 0.2) is 5.75 Å². The Morgan fingerprint density at radius 2 is 0.890 bits per heavy atom. The van der Waals surface area contributed by atoms with Crippen molar-refractivity contribution in [3.63, 3.8) is 0 Å². The number of fused-ring (bicyclic) bond motifs is 1. The number of aromatic hydroxyl groups is 3. The number of halogens is 6. The number of carbonyl (C=O) groups is 1. The summed E-state index contributed by atoms with van der Waals surface area (Å²) in [4.78, 5) is 57.8. The SMILES string of the molecule is BrB(Br)Br.C.C.C.CO.COc1cc(OCCCN2CCCC2)ccc1[N+](=O)[O-].Cc1ccc(N)c(C(=O)O)c1.Cc1ccc2nc(C)n(-c3ccc(OCCCN4CCCC4)cc3O)c(=O)c2c1.Nc1ccc(OCCCN2CCCC2)cc1O.O=[N+]([O-])c1ccc(OCCCN2CCCC2)cc1O.[I][V]([I])[I]. The van der Waals surface area contributed by atoms with Crippen LogP contribution < -0.4 is 40.7 Å². The van der Waals surface area contributed by atoms with E-state index in [-0.39, 0.29) is 75.9 Å². The second-order valence-electron chi connectivity index (χ2n) is 24.5. The number of aliphatic hydroxyl groups excluding tert-OH is 1. The number of phenolic OH excluding ortho intramolecular Hbond substituents is 3. The number of aromatic carboxylic acids is 1. The Hall–Kier alpha value is -5.19. The molecule has 0 aliphatic carbocycles. The van der Waals surface area contributed by atoms with Gasteiger partial charge in [0.1, 0.15) is 40.3 Å². The number of carboxylic acid groups (broad SMARTS) is 1. The summed E-state index contributed by atoms with van der Waals surface area (Å²) < 4.78 is 29.2. The average molecular weight is 2090 g/mol. The van der Waals surface area contributed by atoms with Crippen molar-refractivity contribution in [2.45, 2.75) is 120 Å². The second kappa shape index (κ2) is 56.9. The van der Waals surface area contributed by atoms with Gasteiger partial charge in [-0.15, -0.1) is 47.3 Å². The maximum atomic E-state index is 13.1. The molecule has 0 saturated carbocycles. The van der Waals surface area contributed by atoms with Crippen LogP contribution >= 0.6 is 107 Å². The van der Waals surface area contributed by atoms with Crippen LogP contribution in [0.15, 0.2) is 114 Å². The van der Waals surface area contributed by atoms with Crippen molar-refractivity contribution in [2.24, 2.45) is 0 Å². The number of benzene rings is 6. The van der Waals surface area contributed by atoms with Crippen molar-refractivity contribution in [1.82, 2.24) is 29.2 Å². The Labute approximate surface area is 705 Å². The number of nitrogens with two attached hydrogens (primary N) is 2. The number of anilines is 2. The third kappa shape index (κ3) is 39.4. The maximum absolute atomic E-state index is 13.1. The van der Waals surface area contributed by atoms with E-state index in [2.05, 4.69) is 132 Å². The first-order chi connectivity index (χ1) is 50.7. The fraction of sp³-hybridized carbons (Fsp3) is 0.480. The van der Waals surface area contributed by atoms with E-state index in [0.29, 0.717) is 83.2 Å². The normalized spacial score (nSPS) is 13.5. The molecule has 4 aliphatic heterocycles. The summed E-state index contributed by atoms with van der Waals surface area (Å²) in [5.74, 6) is 1.85. The third-order valence-electron chi connectivity index (χ3n) is 16.7. The molecule has 9 N–H and O–H groups in total. The van der Waals surface area contributed by atoms with E-state index in [1.807, 2.05) is 32.0 Å². The number of methoxy groups -OCH3 is 1. The minimum absolute atomic E-state index is 0. The molecule has 0 spiro atoms. The number of likely N-dealkylation sites (tertiary alicyclic amines) is 4. The standard InChI is InChI=1S/C23H27N3O3.C14H20N2O4.C13H18N2O4.C13H20N2O2.C8H9NO2.CH4O.3CH4.BBr3.3HI.V/c1-16-6-8-20-19(14-16)23(28)26(17(2)24-20)21-9-7-18(15-22(21)27)29-13-5-12-25-10-3-4-11-25;1-19-14-11-12(5-6-13(14)16(17)18)20-10-4-9-15-7-2-3-8-15;16-13-10-11(4-5-12(13)15(17)18)19-9-3-8-14-6-1-2-7-14;14-12-5-4-11(10-13(12)16)17-9-3-8-15-6-1-2-7-15;1-5-2-3-7(9)6(4-5)8(10)11;1-2;;;;2-1(3)4;;;;/h6-9,14-15,27H,3-5,10-13H2,1-2H3;5-6,11H,2-4,7-10H2,1H3;4-5,10,16H,1-3,6-9H2;4-5,10,16H,1-3,6-9,14H2;2-4H,9H2,1H3,(H,10,11);2H,1H3;3*1H4;;3*1H;/q;;;;;;;;;;;;;+3/p-3. The van der Waals surface area contributed by atoms with Gasteiger partial charge in [-0.1, -0.05) is 45.5 Å². The molecule has 1 aromatic heterocycles. The van der Waals surface area contributed by atoms with Gasteiger partial charge in [0.2, 0.25) is 5.75 Å². The summed E-state index contributed by atoms with van der Waals surface area (Å²) in [5.41, 5.74) is 14.2.